The molecule has 0 unspecified atom stereocenters. The molecule has 5 heavy (non-hydrogen) atoms. The van der Waals surface area contributed by atoms with Crippen LogP contribution in [0, 0.1) is 0 Å². The third-order valence-corrected chi connectivity index (χ3v) is 0.671. The summed E-state index contributed by atoms with van der Waals surface area (Å²) in [5.41, 5.74) is 0. The minimum Gasteiger partial charge on any atom is -0.344 e. The summed E-state index contributed by atoms with van der Waals surface area (Å²) in [7, 11) is 0. The van der Waals surface area contributed by atoms with E-state index >= 15 is 0 Å². The Hall–Kier alpha value is 0.310. The van der Waals surface area contributed by atoms with Crippen molar-refractivity contribution in [2.24, 2.45) is 0 Å². The molecule has 34 valence electrons. The predicted molar refractivity (Wildman–Crippen MR) is 29.2 cm³/mol. The van der Waals surface area contributed by atoms with Crippen molar-refractivity contribution >= 4 is 12.6 Å². The highest BCUT2D eigenvalue weighted by Gasteiger charge is 1.57. The van der Waals surface area contributed by atoms with Crippen molar-refractivity contribution in [3.8, 4) is 0 Å². The molecule has 0 spiro atoms. The van der Waals surface area contributed by atoms with Crippen molar-refractivity contribution in [3.63, 3.8) is 0 Å². The van der Waals surface area contributed by atoms with Crippen LogP contribution in [-0.4, -0.2) is 5.75 Å². The van der Waals surface area contributed by atoms with Crippen LogP contribution in [0.15, 0.2) is 0 Å². The fourth-order valence-electron chi connectivity index (χ4n) is 0. The highest BCUT2D eigenvalue weighted by atomic mass is 32.1. The largest absolute Gasteiger partial charge is 0.344 e. The van der Waals surface area contributed by atoms with Crippen LogP contribution in [0.5, 0.6) is 0 Å². The molecule has 1 nitrogen and oxygen atoms in total. The van der Waals surface area contributed by atoms with Crippen LogP contribution < -0.4 is 6.15 Å². The second-order valence-electron chi connectivity index (χ2n) is 0.724. The van der Waals surface area contributed by atoms with Crippen LogP contribution in [0.25, 0.3) is 0 Å². The molecule has 0 atom stereocenters. The molecule has 0 aliphatic carbocycles. The van der Waals surface area contributed by atoms with Crippen LogP contribution >= 0.6 is 12.6 Å². The van der Waals surface area contributed by atoms with Gasteiger partial charge >= 0.3 is 0 Å². The lowest BCUT2D eigenvalue weighted by Crippen LogP contribution is -1.56. The van der Waals surface area contributed by atoms with Gasteiger partial charge in [-0.05, 0) is 12.2 Å². The summed E-state index contributed by atoms with van der Waals surface area (Å²) in [6.07, 6.45) is 1.18. The van der Waals surface area contributed by atoms with Crippen LogP contribution in [0.1, 0.15) is 13.3 Å². The molecule has 0 amide bonds. The van der Waals surface area contributed by atoms with E-state index in [4.69, 9.17) is 0 Å². The molecule has 3 N–H and O–H groups in total. The lowest BCUT2D eigenvalue weighted by Gasteiger charge is -1.67. The SMILES string of the molecule is CCCS.N. The summed E-state index contributed by atoms with van der Waals surface area (Å²) in [6, 6.07) is 0. The normalized spacial score (nSPS) is 6.00. The number of hydrogen-bond donors (Lipinski definition) is 2. The Morgan fingerprint density at radius 3 is 1.80 bits per heavy atom. The van der Waals surface area contributed by atoms with Gasteiger partial charge in [0.1, 0.15) is 0 Å². The summed E-state index contributed by atoms with van der Waals surface area (Å²) in [5.74, 6) is 1.01. The molecule has 0 heterocycles. The van der Waals surface area contributed by atoms with Crippen LogP contribution in [0.2, 0.25) is 0 Å². The van der Waals surface area contributed by atoms with Gasteiger partial charge in [0.25, 0.3) is 0 Å². The standard InChI is InChI=1S/C3H8S.H3N/c1-2-3-4;/h4H,2-3H2,1H3;1H3. The Kier molecular flexibility index (Phi) is 15.9. The zero-order chi connectivity index (χ0) is 3.41. The van der Waals surface area contributed by atoms with Crippen molar-refractivity contribution < 1.29 is 0 Å². The quantitative estimate of drug-likeness (QED) is 0.473. The van der Waals surface area contributed by atoms with Crippen LogP contribution in [0.4, 0.5) is 0 Å². The Bertz CT molecular complexity index is 8.85. The maximum absolute atomic E-state index is 3.92. The summed E-state index contributed by atoms with van der Waals surface area (Å²) in [6.45, 7) is 2.10. The smallest absolute Gasteiger partial charge is 0.0101 e. The lowest BCUT2D eigenvalue weighted by molar-refractivity contribution is 1.11. The molecular weight excluding hydrogens is 82.1 g/mol. The molecule has 0 radical (unpaired) electrons. The molecule has 0 saturated carbocycles. The maximum atomic E-state index is 3.92. The Balaban J connectivity index is 0. The minimum absolute atomic E-state index is 0. The zero-order valence-electron chi connectivity index (χ0n) is 3.57. The average Bonchev–Trinajstić information content (AvgIpc) is 1.37. The van der Waals surface area contributed by atoms with E-state index in [0.29, 0.717) is 0 Å². The van der Waals surface area contributed by atoms with Crippen molar-refractivity contribution in [2.75, 3.05) is 5.75 Å². The minimum atomic E-state index is 0. The first kappa shape index (κ1) is 9.00. The third-order valence-electron chi connectivity index (χ3n) is 0.224. The first-order chi connectivity index (χ1) is 1.91. The molecule has 0 aromatic carbocycles. The molecule has 0 aliphatic heterocycles. The Morgan fingerprint density at radius 1 is 1.60 bits per heavy atom. The Labute approximate surface area is 38.8 Å². The van der Waals surface area contributed by atoms with Gasteiger partial charge < -0.3 is 6.15 Å². The molecule has 0 aromatic heterocycles. The second kappa shape index (κ2) is 8.85. The molecular formula is C3H11NS. The molecule has 0 saturated heterocycles. The molecule has 0 bridgehead atoms. The number of rotatable bonds is 1. The molecule has 0 aromatic rings. The fourth-order valence-corrected chi connectivity index (χ4v) is 0. The lowest BCUT2D eigenvalue weighted by atomic mass is 10.6. The number of thiol groups is 1. The molecule has 0 fully saturated rings. The van der Waals surface area contributed by atoms with E-state index in [1.54, 1.807) is 0 Å². The number of hydrogen-bond acceptors (Lipinski definition) is 2. The van der Waals surface area contributed by atoms with Gasteiger partial charge in [-0.3, -0.25) is 0 Å². The van der Waals surface area contributed by atoms with E-state index in [0.717, 1.165) is 5.75 Å². The Morgan fingerprint density at radius 2 is 1.80 bits per heavy atom. The summed E-state index contributed by atoms with van der Waals surface area (Å²) in [4.78, 5) is 0. The van der Waals surface area contributed by atoms with E-state index in [1.807, 2.05) is 0 Å². The van der Waals surface area contributed by atoms with E-state index in [-0.39, 0.29) is 6.15 Å². The maximum Gasteiger partial charge on any atom is -0.0101 e. The molecule has 0 aliphatic rings. The summed E-state index contributed by atoms with van der Waals surface area (Å²) >= 11 is 3.92. The third kappa shape index (κ3) is 13.4. The van der Waals surface area contributed by atoms with Gasteiger partial charge in [0.2, 0.25) is 0 Å². The fraction of sp³-hybridized carbons (Fsp3) is 1.00. The first-order valence-corrected chi connectivity index (χ1v) is 2.16. The molecule has 0 rings (SSSR count). The van der Waals surface area contributed by atoms with E-state index in [1.165, 1.54) is 6.42 Å². The van der Waals surface area contributed by atoms with Gasteiger partial charge in [0.05, 0.1) is 0 Å². The first-order valence-electron chi connectivity index (χ1n) is 1.52. The van der Waals surface area contributed by atoms with E-state index in [9.17, 15) is 0 Å². The van der Waals surface area contributed by atoms with Crippen molar-refractivity contribution in [1.29, 1.82) is 0 Å². The molecule has 2 heteroatoms. The van der Waals surface area contributed by atoms with Crippen LogP contribution in [-0.2, 0) is 0 Å². The highest BCUT2D eigenvalue weighted by molar-refractivity contribution is 7.80. The van der Waals surface area contributed by atoms with Gasteiger partial charge in [-0.15, -0.1) is 0 Å². The average molecular weight is 93.2 g/mol. The monoisotopic (exact) mass is 93.1 g/mol. The van der Waals surface area contributed by atoms with E-state index in [2.05, 4.69) is 19.6 Å². The zero-order valence-corrected chi connectivity index (χ0v) is 4.46. The van der Waals surface area contributed by atoms with Gasteiger partial charge in [-0.1, -0.05) is 6.92 Å². The summed E-state index contributed by atoms with van der Waals surface area (Å²) in [5, 5.41) is 0. The van der Waals surface area contributed by atoms with Gasteiger partial charge in [0.15, 0.2) is 0 Å². The topological polar surface area (TPSA) is 35.0 Å². The van der Waals surface area contributed by atoms with Crippen molar-refractivity contribution in [1.82, 2.24) is 6.15 Å². The van der Waals surface area contributed by atoms with Gasteiger partial charge in [-0.25, -0.2) is 0 Å². The summed E-state index contributed by atoms with van der Waals surface area (Å²) < 4.78 is 0. The van der Waals surface area contributed by atoms with Crippen molar-refractivity contribution in [3.05, 3.63) is 0 Å². The second-order valence-corrected chi connectivity index (χ2v) is 1.17. The van der Waals surface area contributed by atoms with Gasteiger partial charge in [-0.2, -0.15) is 12.6 Å². The van der Waals surface area contributed by atoms with Crippen LogP contribution in [0.3, 0.4) is 0 Å². The van der Waals surface area contributed by atoms with E-state index < -0.39 is 0 Å². The highest BCUT2D eigenvalue weighted by Crippen LogP contribution is 1.74. The van der Waals surface area contributed by atoms with Gasteiger partial charge in [0, 0.05) is 0 Å². The predicted octanol–water partition coefficient (Wildman–Crippen LogP) is 1.49. The van der Waals surface area contributed by atoms with Crippen molar-refractivity contribution in [2.45, 2.75) is 13.3 Å².